The van der Waals surface area contributed by atoms with Crippen molar-refractivity contribution in [2.24, 2.45) is 0 Å². The first-order valence-electron chi connectivity index (χ1n) is 6.07. The normalized spacial score (nSPS) is 20.8. The third-order valence-electron chi connectivity index (χ3n) is 3.56. The topological polar surface area (TPSA) is 17.1 Å². The van der Waals surface area contributed by atoms with Crippen LogP contribution in [0.25, 0.3) is 0 Å². The number of rotatable bonds is 0. The maximum absolute atomic E-state index is 11.9. The fourth-order valence-corrected chi connectivity index (χ4v) is 2.33. The molecule has 0 heterocycles. The average Bonchev–Trinajstić information content (AvgIpc) is 2.22. The van der Waals surface area contributed by atoms with Crippen LogP contribution in [0.4, 0.5) is 0 Å². The summed E-state index contributed by atoms with van der Waals surface area (Å²) < 4.78 is 0. The molecule has 0 aromatic heterocycles. The van der Waals surface area contributed by atoms with E-state index in [2.05, 4.69) is 45.9 Å². The summed E-state index contributed by atoms with van der Waals surface area (Å²) in [5.41, 5.74) is 3.58. The Bertz CT molecular complexity index is 424. The van der Waals surface area contributed by atoms with Crippen LogP contribution in [0.3, 0.4) is 0 Å². The smallest absolute Gasteiger partial charge is 0.163 e. The number of Topliss-reactive ketones (excluding diaryl/α,β-unsaturated/α-hetero) is 1. The maximum Gasteiger partial charge on any atom is 0.163 e. The van der Waals surface area contributed by atoms with E-state index in [1.165, 1.54) is 11.1 Å². The summed E-state index contributed by atoms with van der Waals surface area (Å²) in [6, 6.07) is 6.43. The van der Waals surface area contributed by atoms with Gasteiger partial charge in [0.05, 0.1) is 0 Å². The van der Waals surface area contributed by atoms with Gasteiger partial charge in [-0.2, -0.15) is 0 Å². The molecule has 0 saturated heterocycles. The molecule has 1 unspecified atom stereocenters. The fourth-order valence-electron chi connectivity index (χ4n) is 2.33. The third kappa shape index (κ3) is 1.91. The van der Waals surface area contributed by atoms with Gasteiger partial charge in [0.2, 0.25) is 0 Å². The summed E-state index contributed by atoms with van der Waals surface area (Å²) in [5.74, 6) is 0.848. The highest BCUT2D eigenvalue weighted by Gasteiger charge is 2.24. The lowest BCUT2D eigenvalue weighted by atomic mass is 9.78. The van der Waals surface area contributed by atoms with E-state index in [9.17, 15) is 4.79 Å². The molecule has 0 radical (unpaired) electrons. The number of hydrogen-bond donors (Lipinski definition) is 0. The first kappa shape index (κ1) is 11.4. The molecule has 0 aliphatic heterocycles. The van der Waals surface area contributed by atoms with Gasteiger partial charge in [-0.05, 0) is 34.9 Å². The summed E-state index contributed by atoms with van der Waals surface area (Å²) in [7, 11) is 0. The highest BCUT2D eigenvalue weighted by atomic mass is 16.1. The molecule has 0 fully saturated rings. The fraction of sp³-hybridized carbons (Fsp3) is 0.533. The van der Waals surface area contributed by atoms with Gasteiger partial charge in [0.15, 0.2) is 5.78 Å². The van der Waals surface area contributed by atoms with E-state index in [4.69, 9.17) is 0 Å². The van der Waals surface area contributed by atoms with Crippen molar-refractivity contribution >= 4 is 5.78 Å². The van der Waals surface area contributed by atoms with Crippen molar-refractivity contribution in [3.05, 3.63) is 34.9 Å². The van der Waals surface area contributed by atoms with Crippen LogP contribution in [0.1, 0.15) is 67.9 Å². The minimum absolute atomic E-state index is 0.121. The molecule has 86 valence electrons. The molecule has 1 aromatic carbocycles. The minimum atomic E-state index is 0.121. The van der Waals surface area contributed by atoms with Crippen molar-refractivity contribution in [3.8, 4) is 0 Å². The number of hydrogen-bond acceptors (Lipinski definition) is 1. The van der Waals surface area contributed by atoms with Gasteiger partial charge in [-0.3, -0.25) is 4.79 Å². The van der Waals surface area contributed by atoms with Crippen LogP contribution in [-0.4, -0.2) is 5.78 Å². The standard InChI is InChI=1S/C15H20O/c1-10-5-8-14(16)13-9-11(15(2,3)4)6-7-12(10)13/h6-7,9-10H,5,8H2,1-4H3. The van der Waals surface area contributed by atoms with Crippen molar-refractivity contribution in [2.45, 2.75) is 51.9 Å². The van der Waals surface area contributed by atoms with Crippen molar-refractivity contribution in [1.29, 1.82) is 0 Å². The molecule has 2 rings (SSSR count). The molecule has 0 bridgehead atoms. The number of carbonyl (C=O) groups excluding carboxylic acids is 1. The largest absolute Gasteiger partial charge is 0.294 e. The van der Waals surface area contributed by atoms with Gasteiger partial charge in [0.1, 0.15) is 0 Å². The van der Waals surface area contributed by atoms with Gasteiger partial charge in [-0.25, -0.2) is 0 Å². The Labute approximate surface area is 97.9 Å². The monoisotopic (exact) mass is 216 g/mol. The van der Waals surface area contributed by atoms with Gasteiger partial charge in [-0.1, -0.05) is 39.8 Å². The van der Waals surface area contributed by atoms with Crippen LogP contribution in [0, 0.1) is 0 Å². The molecule has 1 heteroatoms. The Kier molecular flexibility index (Phi) is 2.65. The molecule has 1 atom stereocenters. The molecule has 1 nitrogen and oxygen atoms in total. The SMILES string of the molecule is CC1CCC(=O)c2cc(C(C)(C)C)ccc21. The summed E-state index contributed by atoms with van der Waals surface area (Å²) in [4.78, 5) is 11.9. The van der Waals surface area contributed by atoms with Crippen molar-refractivity contribution in [3.63, 3.8) is 0 Å². The molecule has 1 aliphatic rings. The lowest BCUT2D eigenvalue weighted by Gasteiger charge is -2.25. The summed E-state index contributed by atoms with van der Waals surface area (Å²) in [5, 5.41) is 0. The van der Waals surface area contributed by atoms with Crippen molar-refractivity contribution in [1.82, 2.24) is 0 Å². The Morgan fingerprint density at radius 3 is 2.56 bits per heavy atom. The summed E-state index contributed by atoms with van der Waals surface area (Å²) in [6.45, 7) is 8.77. The highest BCUT2D eigenvalue weighted by molar-refractivity contribution is 5.99. The van der Waals surface area contributed by atoms with Crippen LogP contribution in [0.5, 0.6) is 0 Å². The van der Waals surface area contributed by atoms with E-state index in [0.29, 0.717) is 18.1 Å². The van der Waals surface area contributed by atoms with Crippen LogP contribution in [0.2, 0.25) is 0 Å². The quantitative estimate of drug-likeness (QED) is 0.639. The first-order valence-corrected chi connectivity index (χ1v) is 6.07. The van der Waals surface area contributed by atoms with E-state index in [1.54, 1.807) is 0 Å². The molecular weight excluding hydrogens is 196 g/mol. The summed E-state index contributed by atoms with van der Waals surface area (Å²) >= 11 is 0. The second kappa shape index (κ2) is 3.73. The zero-order chi connectivity index (χ0) is 11.9. The average molecular weight is 216 g/mol. The zero-order valence-electron chi connectivity index (χ0n) is 10.6. The van der Waals surface area contributed by atoms with Crippen LogP contribution >= 0.6 is 0 Å². The number of fused-ring (bicyclic) bond motifs is 1. The Morgan fingerprint density at radius 1 is 1.25 bits per heavy atom. The number of benzene rings is 1. The Hall–Kier alpha value is -1.11. The van der Waals surface area contributed by atoms with Gasteiger partial charge >= 0.3 is 0 Å². The lowest BCUT2D eigenvalue weighted by Crippen LogP contribution is -2.17. The molecule has 0 saturated carbocycles. The second-order valence-electron chi connectivity index (χ2n) is 5.91. The molecule has 1 aliphatic carbocycles. The molecule has 0 spiro atoms. The van der Waals surface area contributed by atoms with Gasteiger partial charge in [0, 0.05) is 12.0 Å². The molecule has 0 amide bonds. The van der Waals surface area contributed by atoms with Crippen LogP contribution in [-0.2, 0) is 5.41 Å². The van der Waals surface area contributed by atoms with E-state index in [0.717, 1.165) is 12.0 Å². The third-order valence-corrected chi connectivity index (χ3v) is 3.56. The van der Waals surface area contributed by atoms with E-state index in [-0.39, 0.29) is 5.41 Å². The Balaban J connectivity index is 2.52. The van der Waals surface area contributed by atoms with Crippen LogP contribution < -0.4 is 0 Å². The van der Waals surface area contributed by atoms with Crippen molar-refractivity contribution < 1.29 is 4.79 Å². The van der Waals surface area contributed by atoms with Crippen LogP contribution in [0.15, 0.2) is 18.2 Å². The predicted molar refractivity (Wildman–Crippen MR) is 67.1 cm³/mol. The minimum Gasteiger partial charge on any atom is -0.294 e. The van der Waals surface area contributed by atoms with Gasteiger partial charge in [0.25, 0.3) is 0 Å². The number of ketones is 1. The molecule has 16 heavy (non-hydrogen) atoms. The van der Waals surface area contributed by atoms with Gasteiger partial charge in [-0.15, -0.1) is 0 Å². The Morgan fingerprint density at radius 2 is 1.94 bits per heavy atom. The zero-order valence-corrected chi connectivity index (χ0v) is 10.6. The highest BCUT2D eigenvalue weighted by Crippen LogP contribution is 2.34. The van der Waals surface area contributed by atoms with E-state index in [1.807, 2.05) is 0 Å². The number of carbonyl (C=O) groups is 1. The van der Waals surface area contributed by atoms with E-state index >= 15 is 0 Å². The predicted octanol–water partition coefficient (Wildman–Crippen LogP) is 4.06. The van der Waals surface area contributed by atoms with Crippen molar-refractivity contribution in [2.75, 3.05) is 0 Å². The second-order valence-corrected chi connectivity index (χ2v) is 5.91. The summed E-state index contributed by atoms with van der Waals surface area (Å²) in [6.07, 6.45) is 1.71. The maximum atomic E-state index is 11.9. The van der Waals surface area contributed by atoms with E-state index < -0.39 is 0 Å². The molecular formula is C15H20O. The lowest BCUT2D eigenvalue weighted by molar-refractivity contribution is 0.0968. The molecule has 0 N–H and O–H groups in total. The van der Waals surface area contributed by atoms with Gasteiger partial charge < -0.3 is 0 Å². The first-order chi connectivity index (χ1) is 7.39. The molecule has 1 aromatic rings.